The van der Waals surface area contributed by atoms with Gasteiger partial charge in [-0.05, 0) is 62.0 Å². The summed E-state index contributed by atoms with van der Waals surface area (Å²) in [7, 11) is 0. The molecule has 0 unspecified atom stereocenters. The van der Waals surface area contributed by atoms with E-state index in [1.165, 1.54) is 11.6 Å². The summed E-state index contributed by atoms with van der Waals surface area (Å²) in [6, 6.07) is 10.6. The summed E-state index contributed by atoms with van der Waals surface area (Å²) in [5.41, 5.74) is 1.22. The van der Waals surface area contributed by atoms with Gasteiger partial charge in [0, 0.05) is 30.1 Å². The Morgan fingerprint density at radius 2 is 1.81 bits per heavy atom. The Kier molecular flexibility index (Phi) is 5.66. The van der Waals surface area contributed by atoms with Crippen molar-refractivity contribution < 1.29 is 9.59 Å². The molecule has 3 rings (SSSR count). The number of nitrogens with one attached hydrogen (secondary N) is 1. The number of ketones is 1. The third-order valence-corrected chi connectivity index (χ3v) is 4.43. The van der Waals surface area contributed by atoms with Crippen LogP contribution in [0.1, 0.15) is 36.5 Å². The maximum Gasteiger partial charge on any atom is 0.246 e. The highest BCUT2D eigenvalue weighted by atomic mass is 32.1. The van der Waals surface area contributed by atoms with Crippen molar-refractivity contribution in [2.24, 2.45) is 0 Å². The average molecular weight is 383 g/mol. The minimum absolute atomic E-state index is 0.0122. The lowest BCUT2D eigenvalue weighted by Crippen LogP contribution is -2.20. The van der Waals surface area contributed by atoms with Gasteiger partial charge in [0.15, 0.2) is 11.6 Å². The lowest BCUT2D eigenvalue weighted by Gasteiger charge is -2.07. The quantitative estimate of drug-likeness (QED) is 0.502. The summed E-state index contributed by atoms with van der Waals surface area (Å²) in [6.07, 6.45) is 5.44. The van der Waals surface area contributed by atoms with E-state index in [9.17, 15) is 9.59 Å². The minimum atomic E-state index is -0.234. The minimum Gasteiger partial charge on any atom is -0.324 e. The van der Waals surface area contributed by atoms with Crippen molar-refractivity contribution in [1.82, 2.24) is 19.1 Å². The zero-order valence-corrected chi connectivity index (χ0v) is 16.1. The molecule has 2 heterocycles. The van der Waals surface area contributed by atoms with Gasteiger partial charge in [0.2, 0.25) is 10.7 Å². The van der Waals surface area contributed by atoms with Crippen LogP contribution in [0.5, 0.6) is 0 Å². The van der Waals surface area contributed by atoms with Crippen molar-refractivity contribution in [2.75, 3.05) is 5.32 Å². The van der Waals surface area contributed by atoms with Crippen LogP contribution in [0.4, 0.5) is 5.69 Å². The number of carbonyl (C=O) groups is 2. The van der Waals surface area contributed by atoms with Gasteiger partial charge >= 0.3 is 0 Å². The second-order valence-electron chi connectivity index (χ2n) is 6.16. The molecule has 0 atom stereocenters. The summed E-state index contributed by atoms with van der Waals surface area (Å²) < 4.78 is 5.67. The highest BCUT2D eigenvalue weighted by Crippen LogP contribution is 2.11. The molecule has 3 aromatic rings. The van der Waals surface area contributed by atoms with E-state index >= 15 is 0 Å². The zero-order chi connectivity index (χ0) is 19.4. The Morgan fingerprint density at radius 3 is 2.41 bits per heavy atom. The Bertz CT molecular complexity index is 1000. The SMILES string of the molecule is CCCc1nn(CC(=O)Nc2ccc(C(C)=O)cc2)c(=S)n1-n1cccc1. The van der Waals surface area contributed by atoms with E-state index in [0.717, 1.165) is 18.7 Å². The number of nitrogens with zero attached hydrogens (tertiary/aromatic N) is 4. The summed E-state index contributed by atoms with van der Waals surface area (Å²) in [6.45, 7) is 3.59. The molecule has 0 saturated heterocycles. The molecule has 0 aliphatic heterocycles. The Hall–Kier alpha value is -3.00. The normalized spacial score (nSPS) is 10.7. The highest BCUT2D eigenvalue weighted by Gasteiger charge is 2.14. The number of hydrogen-bond donors (Lipinski definition) is 1. The first-order valence-corrected chi connectivity index (χ1v) is 9.13. The fourth-order valence-electron chi connectivity index (χ4n) is 2.74. The predicted molar refractivity (Wildman–Crippen MR) is 105 cm³/mol. The van der Waals surface area contributed by atoms with Crippen molar-refractivity contribution >= 4 is 29.6 Å². The van der Waals surface area contributed by atoms with Crippen LogP contribution in [0, 0.1) is 4.77 Å². The van der Waals surface area contributed by atoms with Gasteiger partial charge in [0.25, 0.3) is 0 Å². The molecular formula is C19H21N5O2S. The number of benzene rings is 1. The molecule has 1 aromatic carbocycles. The van der Waals surface area contributed by atoms with Crippen LogP contribution >= 0.6 is 12.2 Å². The maximum atomic E-state index is 12.4. The molecule has 0 fully saturated rings. The van der Waals surface area contributed by atoms with Gasteiger partial charge in [0.05, 0.1) is 0 Å². The first kappa shape index (κ1) is 18.8. The van der Waals surface area contributed by atoms with E-state index in [2.05, 4.69) is 17.3 Å². The first-order valence-electron chi connectivity index (χ1n) is 8.73. The van der Waals surface area contributed by atoms with Crippen LogP contribution in [0.25, 0.3) is 0 Å². The van der Waals surface area contributed by atoms with E-state index in [-0.39, 0.29) is 18.2 Å². The standard InChI is InChI=1S/C19H21N5O2S/c1-3-6-17-21-23(19(27)24(17)22-11-4-5-12-22)13-18(26)20-16-9-7-15(8-10-16)14(2)25/h4-5,7-12H,3,6,13H2,1-2H3,(H,20,26). The van der Waals surface area contributed by atoms with Crippen LogP contribution in [0.3, 0.4) is 0 Å². The molecule has 0 spiro atoms. The number of anilines is 1. The van der Waals surface area contributed by atoms with Gasteiger partial charge in [0.1, 0.15) is 6.54 Å². The molecule has 8 heteroatoms. The molecule has 1 N–H and O–H groups in total. The van der Waals surface area contributed by atoms with E-state index in [0.29, 0.717) is 16.0 Å². The molecule has 0 radical (unpaired) electrons. The Labute approximate surface area is 162 Å². The molecule has 0 bridgehead atoms. The van der Waals surface area contributed by atoms with Crippen molar-refractivity contribution in [3.05, 3.63) is 65.0 Å². The third kappa shape index (κ3) is 4.22. The van der Waals surface area contributed by atoms with Gasteiger partial charge in [-0.1, -0.05) is 6.92 Å². The molecule has 2 aromatic heterocycles. The van der Waals surface area contributed by atoms with Crippen molar-refractivity contribution in [3.8, 4) is 0 Å². The van der Waals surface area contributed by atoms with E-state index < -0.39 is 0 Å². The second-order valence-corrected chi connectivity index (χ2v) is 6.53. The van der Waals surface area contributed by atoms with Crippen molar-refractivity contribution in [3.63, 3.8) is 0 Å². The molecule has 0 aliphatic carbocycles. The van der Waals surface area contributed by atoms with Crippen LogP contribution < -0.4 is 5.32 Å². The molecule has 1 amide bonds. The summed E-state index contributed by atoms with van der Waals surface area (Å²) in [4.78, 5) is 23.7. The largest absolute Gasteiger partial charge is 0.324 e. The molecule has 0 saturated carbocycles. The number of aryl methyl sites for hydroxylation is 1. The number of carbonyl (C=O) groups excluding carboxylic acids is 2. The van der Waals surface area contributed by atoms with E-state index in [1.54, 1.807) is 24.3 Å². The summed E-state index contributed by atoms with van der Waals surface area (Å²) >= 11 is 5.53. The van der Waals surface area contributed by atoms with Crippen LogP contribution in [0.15, 0.2) is 48.8 Å². The summed E-state index contributed by atoms with van der Waals surface area (Å²) in [5, 5.41) is 7.33. The fraction of sp³-hybridized carbons (Fsp3) is 0.263. The molecule has 140 valence electrons. The maximum absolute atomic E-state index is 12.4. The topological polar surface area (TPSA) is 73.8 Å². The van der Waals surface area contributed by atoms with Crippen molar-refractivity contribution in [2.45, 2.75) is 33.2 Å². The highest BCUT2D eigenvalue weighted by molar-refractivity contribution is 7.71. The number of Topliss-reactive ketones (excluding diaryl/α,β-unsaturated/α-hetero) is 1. The van der Waals surface area contributed by atoms with Gasteiger partial charge in [-0.3, -0.25) is 14.3 Å². The third-order valence-electron chi connectivity index (χ3n) is 4.04. The van der Waals surface area contributed by atoms with E-state index in [1.807, 2.05) is 33.9 Å². The second kappa shape index (κ2) is 8.13. The number of hydrogen-bond acceptors (Lipinski definition) is 4. The lowest BCUT2D eigenvalue weighted by molar-refractivity contribution is -0.116. The van der Waals surface area contributed by atoms with Gasteiger partial charge in [-0.25, -0.2) is 9.36 Å². The summed E-state index contributed by atoms with van der Waals surface area (Å²) in [5.74, 6) is 0.553. The number of rotatable bonds is 7. The molecule has 27 heavy (non-hydrogen) atoms. The molecule has 0 aliphatic rings. The lowest BCUT2D eigenvalue weighted by atomic mass is 10.1. The average Bonchev–Trinajstić information content (AvgIpc) is 3.24. The van der Waals surface area contributed by atoms with Gasteiger partial charge in [-0.15, -0.1) is 0 Å². The zero-order valence-electron chi connectivity index (χ0n) is 15.3. The van der Waals surface area contributed by atoms with Crippen LogP contribution in [-0.4, -0.2) is 30.8 Å². The first-order chi connectivity index (χ1) is 13.0. The van der Waals surface area contributed by atoms with Crippen LogP contribution in [0.2, 0.25) is 0 Å². The Balaban J connectivity index is 1.79. The van der Waals surface area contributed by atoms with Gasteiger partial charge < -0.3 is 5.32 Å². The monoisotopic (exact) mass is 383 g/mol. The number of aromatic nitrogens is 4. The van der Waals surface area contributed by atoms with Crippen molar-refractivity contribution in [1.29, 1.82) is 0 Å². The molecular weight excluding hydrogens is 362 g/mol. The predicted octanol–water partition coefficient (Wildman–Crippen LogP) is 3.32. The Morgan fingerprint density at radius 1 is 1.15 bits per heavy atom. The van der Waals surface area contributed by atoms with Crippen LogP contribution in [-0.2, 0) is 17.8 Å². The van der Waals surface area contributed by atoms with Gasteiger partial charge in [-0.2, -0.15) is 5.10 Å². The molecule has 7 nitrogen and oxygen atoms in total. The smallest absolute Gasteiger partial charge is 0.246 e. The number of amides is 1. The van der Waals surface area contributed by atoms with E-state index in [4.69, 9.17) is 12.2 Å². The fourth-order valence-corrected chi connectivity index (χ4v) is 3.05.